The van der Waals surface area contributed by atoms with Crippen molar-refractivity contribution in [1.82, 2.24) is 20.1 Å². The van der Waals surface area contributed by atoms with Gasteiger partial charge < -0.3 is 9.88 Å². The van der Waals surface area contributed by atoms with E-state index in [1.54, 1.807) is 6.33 Å². The van der Waals surface area contributed by atoms with Crippen LogP contribution in [-0.2, 0) is 6.54 Å². The Bertz CT molecular complexity index is 155. The summed E-state index contributed by atoms with van der Waals surface area (Å²) >= 11 is 0. The highest BCUT2D eigenvalue weighted by Gasteiger charge is 1.94. The molecule has 0 atom stereocenters. The van der Waals surface area contributed by atoms with Crippen molar-refractivity contribution in [3.63, 3.8) is 0 Å². The second-order valence-corrected chi connectivity index (χ2v) is 2.17. The third-order valence-electron chi connectivity index (χ3n) is 0.933. The molecule has 1 N–H and O–H groups in total. The molecule has 0 amide bonds. The van der Waals surface area contributed by atoms with E-state index in [1.165, 1.54) is 0 Å². The first-order valence-corrected chi connectivity index (χ1v) is 2.78. The smallest absolute Gasteiger partial charge is 0.144 e. The topological polar surface area (TPSA) is 44.8 Å². The van der Waals surface area contributed by atoms with E-state index < -0.39 is 0 Å². The van der Waals surface area contributed by atoms with Gasteiger partial charge in [0.2, 0.25) is 0 Å². The summed E-state index contributed by atoms with van der Waals surface area (Å²) in [5.74, 6) is 0.903. The molecule has 0 aliphatic rings. The Morgan fingerprint density at radius 2 is 2.44 bits per heavy atom. The largest absolute Gasteiger partial charge is 0.330 e. The number of aromatic amines is 1. The Morgan fingerprint density at radius 3 is 2.89 bits per heavy atom. The minimum atomic E-state index is 0.819. The zero-order valence-corrected chi connectivity index (χ0v) is 5.63. The average Bonchev–Trinajstić information content (AvgIpc) is 2.15. The SMILES string of the molecule is CN(C)Cc1nnc[nH]1. The van der Waals surface area contributed by atoms with Gasteiger partial charge in [-0.15, -0.1) is 10.2 Å². The Kier molecular flexibility index (Phi) is 1.79. The molecule has 1 aromatic heterocycles. The lowest BCUT2D eigenvalue weighted by Gasteiger charge is -2.04. The molecule has 0 saturated carbocycles. The molecule has 0 spiro atoms. The normalized spacial score (nSPS) is 10.6. The fraction of sp³-hybridized carbons (Fsp3) is 0.600. The molecule has 9 heavy (non-hydrogen) atoms. The zero-order chi connectivity index (χ0) is 6.69. The lowest BCUT2D eigenvalue weighted by atomic mass is 10.6. The summed E-state index contributed by atoms with van der Waals surface area (Å²) < 4.78 is 0. The van der Waals surface area contributed by atoms with Gasteiger partial charge in [0.05, 0.1) is 6.54 Å². The molecule has 1 heterocycles. The van der Waals surface area contributed by atoms with Gasteiger partial charge in [0.1, 0.15) is 12.2 Å². The van der Waals surface area contributed by atoms with Crippen LogP contribution in [0.4, 0.5) is 0 Å². The highest BCUT2D eigenvalue weighted by atomic mass is 15.2. The molecule has 0 aromatic carbocycles. The van der Waals surface area contributed by atoms with Crippen molar-refractivity contribution in [1.29, 1.82) is 0 Å². The van der Waals surface area contributed by atoms with Crippen LogP contribution in [0.2, 0.25) is 0 Å². The molecule has 0 aliphatic heterocycles. The molecule has 0 fully saturated rings. The number of hydrogen-bond acceptors (Lipinski definition) is 3. The van der Waals surface area contributed by atoms with Crippen LogP contribution in [0.1, 0.15) is 5.82 Å². The minimum absolute atomic E-state index is 0.819. The maximum Gasteiger partial charge on any atom is 0.144 e. The fourth-order valence-corrected chi connectivity index (χ4v) is 0.608. The van der Waals surface area contributed by atoms with Crippen molar-refractivity contribution in [2.45, 2.75) is 6.54 Å². The molecule has 1 aromatic rings. The van der Waals surface area contributed by atoms with E-state index in [-0.39, 0.29) is 0 Å². The highest BCUT2D eigenvalue weighted by Crippen LogP contribution is 1.88. The van der Waals surface area contributed by atoms with Gasteiger partial charge in [-0.2, -0.15) is 0 Å². The van der Waals surface area contributed by atoms with Gasteiger partial charge in [0.25, 0.3) is 0 Å². The summed E-state index contributed by atoms with van der Waals surface area (Å²) in [6.45, 7) is 0.819. The molecule has 0 bridgehead atoms. The maximum atomic E-state index is 3.81. The minimum Gasteiger partial charge on any atom is -0.330 e. The molecule has 0 aliphatic carbocycles. The van der Waals surface area contributed by atoms with Crippen molar-refractivity contribution >= 4 is 0 Å². The molecular weight excluding hydrogens is 116 g/mol. The number of hydrogen-bond donors (Lipinski definition) is 1. The van der Waals surface area contributed by atoms with Crippen LogP contribution in [-0.4, -0.2) is 34.2 Å². The Labute approximate surface area is 53.9 Å². The summed E-state index contributed by atoms with van der Waals surface area (Å²) in [6.07, 6.45) is 1.58. The van der Waals surface area contributed by atoms with Crippen molar-refractivity contribution in [3.8, 4) is 0 Å². The van der Waals surface area contributed by atoms with Gasteiger partial charge >= 0.3 is 0 Å². The average molecular weight is 126 g/mol. The number of rotatable bonds is 2. The first kappa shape index (κ1) is 6.22. The van der Waals surface area contributed by atoms with Crippen LogP contribution < -0.4 is 0 Å². The number of H-pyrrole nitrogens is 1. The van der Waals surface area contributed by atoms with Crippen LogP contribution in [0.15, 0.2) is 6.33 Å². The Hall–Kier alpha value is -0.900. The van der Waals surface area contributed by atoms with E-state index in [2.05, 4.69) is 15.2 Å². The van der Waals surface area contributed by atoms with E-state index in [0.29, 0.717) is 0 Å². The monoisotopic (exact) mass is 126 g/mol. The van der Waals surface area contributed by atoms with Crippen LogP contribution in [0, 0.1) is 0 Å². The second kappa shape index (κ2) is 2.59. The van der Waals surface area contributed by atoms with Crippen LogP contribution in [0.25, 0.3) is 0 Å². The van der Waals surface area contributed by atoms with E-state index in [1.807, 2.05) is 19.0 Å². The number of nitrogens with zero attached hydrogens (tertiary/aromatic N) is 3. The van der Waals surface area contributed by atoms with E-state index >= 15 is 0 Å². The molecule has 0 unspecified atom stereocenters. The summed E-state index contributed by atoms with van der Waals surface area (Å²) in [5.41, 5.74) is 0. The summed E-state index contributed by atoms with van der Waals surface area (Å²) in [4.78, 5) is 4.93. The molecule has 1 rings (SSSR count). The highest BCUT2D eigenvalue weighted by molar-refractivity contribution is 4.77. The molecule has 4 heteroatoms. The van der Waals surface area contributed by atoms with Gasteiger partial charge in [-0.25, -0.2) is 0 Å². The first-order valence-electron chi connectivity index (χ1n) is 2.78. The van der Waals surface area contributed by atoms with Crippen LogP contribution >= 0.6 is 0 Å². The third-order valence-corrected chi connectivity index (χ3v) is 0.933. The predicted octanol–water partition coefficient (Wildman–Crippen LogP) is -0.134. The van der Waals surface area contributed by atoms with Crippen LogP contribution in [0.3, 0.4) is 0 Å². The molecule has 0 radical (unpaired) electrons. The molecular formula is C5H10N4. The first-order chi connectivity index (χ1) is 4.29. The summed E-state index contributed by atoms with van der Waals surface area (Å²) in [6, 6.07) is 0. The van der Waals surface area contributed by atoms with E-state index in [9.17, 15) is 0 Å². The van der Waals surface area contributed by atoms with Gasteiger partial charge in [0, 0.05) is 0 Å². The Morgan fingerprint density at radius 1 is 1.67 bits per heavy atom. The van der Waals surface area contributed by atoms with Crippen molar-refractivity contribution in [3.05, 3.63) is 12.2 Å². The molecule has 0 saturated heterocycles. The molecule has 50 valence electrons. The van der Waals surface area contributed by atoms with Gasteiger partial charge in [-0.1, -0.05) is 0 Å². The van der Waals surface area contributed by atoms with E-state index in [0.717, 1.165) is 12.4 Å². The third kappa shape index (κ3) is 1.81. The number of nitrogens with one attached hydrogen (secondary N) is 1. The second-order valence-electron chi connectivity index (χ2n) is 2.17. The molecule has 4 nitrogen and oxygen atoms in total. The summed E-state index contributed by atoms with van der Waals surface area (Å²) in [5, 5.41) is 7.45. The summed E-state index contributed by atoms with van der Waals surface area (Å²) in [7, 11) is 3.98. The van der Waals surface area contributed by atoms with Crippen molar-refractivity contribution in [2.75, 3.05) is 14.1 Å². The Balaban J connectivity index is 2.48. The number of aromatic nitrogens is 3. The fourth-order valence-electron chi connectivity index (χ4n) is 0.608. The van der Waals surface area contributed by atoms with Crippen molar-refractivity contribution in [2.24, 2.45) is 0 Å². The van der Waals surface area contributed by atoms with Gasteiger partial charge in [-0.05, 0) is 14.1 Å². The van der Waals surface area contributed by atoms with Crippen molar-refractivity contribution < 1.29 is 0 Å². The van der Waals surface area contributed by atoms with Crippen LogP contribution in [0.5, 0.6) is 0 Å². The maximum absolute atomic E-state index is 3.81. The van der Waals surface area contributed by atoms with Gasteiger partial charge in [-0.3, -0.25) is 0 Å². The lowest BCUT2D eigenvalue weighted by molar-refractivity contribution is 0.391. The lowest BCUT2D eigenvalue weighted by Crippen LogP contribution is -2.11. The van der Waals surface area contributed by atoms with E-state index in [4.69, 9.17) is 0 Å². The standard InChI is InChI=1S/C5H10N4/c1-9(2)3-5-6-4-7-8-5/h4H,3H2,1-2H3,(H,6,7,8). The van der Waals surface area contributed by atoms with Gasteiger partial charge in [0.15, 0.2) is 0 Å². The zero-order valence-electron chi connectivity index (χ0n) is 5.63. The quantitative estimate of drug-likeness (QED) is 0.600. The predicted molar refractivity (Wildman–Crippen MR) is 33.8 cm³/mol.